The summed E-state index contributed by atoms with van der Waals surface area (Å²) >= 11 is 0. The van der Waals surface area contributed by atoms with Crippen LogP contribution < -0.4 is 0 Å². The van der Waals surface area contributed by atoms with E-state index in [2.05, 4.69) is 6.58 Å². The van der Waals surface area contributed by atoms with Crippen LogP contribution in [0.15, 0.2) is 43.0 Å². The van der Waals surface area contributed by atoms with Crippen LogP contribution in [0.5, 0.6) is 0 Å². The van der Waals surface area contributed by atoms with Gasteiger partial charge < -0.3 is 10.0 Å². The molecule has 0 aliphatic heterocycles. The normalized spacial score (nSPS) is 16.9. The maximum absolute atomic E-state index is 13.0. The molecule has 108 valence electrons. The second-order valence-corrected chi connectivity index (χ2v) is 5.42. The van der Waals surface area contributed by atoms with E-state index in [0.717, 1.165) is 31.2 Å². The van der Waals surface area contributed by atoms with Gasteiger partial charge in [-0.05, 0) is 18.4 Å². The van der Waals surface area contributed by atoms with Crippen molar-refractivity contribution in [3.05, 3.63) is 48.6 Å². The molecule has 0 spiro atoms. The summed E-state index contributed by atoms with van der Waals surface area (Å²) in [5, 5.41) is 9.18. The first-order valence-electron chi connectivity index (χ1n) is 7.31. The molecule has 0 heterocycles. The van der Waals surface area contributed by atoms with E-state index < -0.39 is 5.41 Å². The highest BCUT2D eigenvalue weighted by molar-refractivity contribution is 5.88. The van der Waals surface area contributed by atoms with Gasteiger partial charge >= 0.3 is 0 Å². The van der Waals surface area contributed by atoms with E-state index in [9.17, 15) is 9.90 Å². The lowest BCUT2D eigenvalue weighted by Crippen LogP contribution is -2.46. The lowest BCUT2D eigenvalue weighted by atomic mass is 9.77. The lowest BCUT2D eigenvalue weighted by Gasteiger charge is -2.34. The fourth-order valence-corrected chi connectivity index (χ4v) is 3.22. The average Bonchev–Trinajstić information content (AvgIpc) is 2.98. The summed E-state index contributed by atoms with van der Waals surface area (Å²) in [6, 6.07) is 10.1. The number of aliphatic hydroxyl groups excluding tert-OH is 1. The van der Waals surface area contributed by atoms with Gasteiger partial charge in [-0.25, -0.2) is 0 Å². The van der Waals surface area contributed by atoms with Crippen LogP contribution in [0, 0.1) is 0 Å². The van der Waals surface area contributed by atoms with Crippen LogP contribution in [0.3, 0.4) is 0 Å². The van der Waals surface area contributed by atoms with E-state index >= 15 is 0 Å². The molecule has 3 heteroatoms. The molecular weight excluding hydrogens is 250 g/mol. The third-order valence-electron chi connectivity index (χ3n) is 4.20. The number of aliphatic hydroxyl groups is 1. The first kappa shape index (κ1) is 14.8. The van der Waals surface area contributed by atoms with Crippen molar-refractivity contribution < 1.29 is 9.90 Å². The van der Waals surface area contributed by atoms with Crippen molar-refractivity contribution in [1.29, 1.82) is 0 Å². The predicted molar refractivity (Wildman–Crippen MR) is 80.5 cm³/mol. The topological polar surface area (TPSA) is 40.5 Å². The number of nitrogens with zero attached hydrogens (tertiary/aromatic N) is 1. The summed E-state index contributed by atoms with van der Waals surface area (Å²) in [7, 11) is 0. The quantitative estimate of drug-likeness (QED) is 0.809. The highest BCUT2D eigenvalue weighted by Gasteiger charge is 2.44. The molecular formula is C17H23NO2. The van der Waals surface area contributed by atoms with E-state index in [1.807, 2.05) is 30.3 Å². The maximum atomic E-state index is 13.0. The highest BCUT2D eigenvalue weighted by Crippen LogP contribution is 2.42. The molecule has 0 saturated heterocycles. The van der Waals surface area contributed by atoms with Crippen LogP contribution in [-0.2, 0) is 10.2 Å². The van der Waals surface area contributed by atoms with E-state index in [1.165, 1.54) is 0 Å². The van der Waals surface area contributed by atoms with Gasteiger partial charge in [0.05, 0.1) is 12.0 Å². The van der Waals surface area contributed by atoms with Crippen LogP contribution in [-0.4, -0.2) is 35.6 Å². The first-order valence-corrected chi connectivity index (χ1v) is 7.31. The van der Waals surface area contributed by atoms with Gasteiger partial charge in [-0.3, -0.25) is 4.79 Å². The number of hydrogen-bond acceptors (Lipinski definition) is 2. The van der Waals surface area contributed by atoms with Crippen LogP contribution in [0.4, 0.5) is 0 Å². The lowest BCUT2D eigenvalue weighted by molar-refractivity contribution is -0.137. The summed E-state index contributed by atoms with van der Waals surface area (Å²) in [4.78, 5) is 14.7. The zero-order valence-corrected chi connectivity index (χ0v) is 11.9. The Morgan fingerprint density at radius 3 is 2.50 bits per heavy atom. The van der Waals surface area contributed by atoms with Crippen molar-refractivity contribution in [1.82, 2.24) is 4.90 Å². The molecule has 0 aromatic heterocycles. The number of hydrogen-bond donors (Lipinski definition) is 1. The Labute approximate surface area is 120 Å². The highest BCUT2D eigenvalue weighted by atomic mass is 16.3. The van der Waals surface area contributed by atoms with Crippen LogP contribution in [0.25, 0.3) is 0 Å². The van der Waals surface area contributed by atoms with Gasteiger partial charge in [-0.2, -0.15) is 0 Å². The van der Waals surface area contributed by atoms with Gasteiger partial charge in [0, 0.05) is 13.1 Å². The Hall–Kier alpha value is -1.61. The van der Waals surface area contributed by atoms with Crippen LogP contribution >= 0.6 is 0 Å². The Morgan fingerprint density at radius 2 is 1.95 bits per heavy atom. The summed E-state index contributed by atoms with van der Waals surface area (Å²) < 4.78 is 0. The second kappa shape index (κ2) is 6.71. The van der Waals surface area contributed by atoms with Gasteiger partial charge in [0.2, 0.25) is 5.91 Å². The van der Waals surface area contributed by atoms with Gasteiger partial charge in [-0.15, -0.1) is 6.58 Å². The van der Waals surface area contributed by atoms with Crippen molar-refractivity contribution >= 4 is 5.91 Å². The molecule has 1 aliphatic carbocycles. The zero-order valence-electron chi connectivity index (χ0n) is 11.9. The van der Waals surface area contributed by atoms with E-state index in [-0.39, 0.29) is 12.5 Å². The van der Waals surface area contributed by atoms with Crippen molar-refractivity contribution in [2.24, 2.45) is 0 Å². The summed E-state index contributed by atoms with van der Waals surface area (Å²) in [6.07, 6.45) is 5.69. The SMILES string of the molecule is C=CCN(CCO)C(=O)C1(c2ccccc2)CCCC1. The monoisotopic (exact) mass is 273 g/mol. The molecule has 0 radical (unpaired) electrons. The maximum Gasteiger partial charge on any atom is 0.233 e. The predicted octanol–water partition coefficient (Wildman–Crippen LogP) is 2.51. The molecule has 3 nitrogen and oxygen atoms in total. The van der Waals surface area contributed by atoms with Gasteiger partial charge in [0.1, 0.15) is 0 Å². The number of carbonyl (C=O) groups excluding carboxylic acids is 1. The van der Waals surface area contributed by atoms with Crippen molar-refractivity contribution in [3.63, 3.8) is 0 Å². The summed E-state index contributed by atoms with van der Waals surface area (Å²) in [5.74, 6) is 0.134. The summed E-state index contributed by atoms with van der Waals surface area (Å²) in [6.45, 7) is 4.57. The fourth-order valence-electron chi connectivity index (χ4n) is 3.22. The third-order valence-corrected chi connectivity index (χ3v) is 4.20. The van der Waals surface area contributed by atoms with Gasteiger partial charge in [0.25, 0.3) is 0 Å². The third kappa shape index (κ3) is 2.78. The number of carbonyl (C=O) groups is 1. The molecule has 1 aromatic rings. The van der Waals surface area contributed by atoms with Crippen molar-refractivity contribution in [2.75, 3.05) is 19.7 Å². The molecule has 2 rings (SSSR count). The van der Waals surface area contributed by atoms with Gasteiger partial charge in [-0.1, -0.05) is 49.2 Å². The van der Waals surface area contributed by atoms with Gasteiger partial charge in [0.15, 0.2) is 0 Å². The van der Waals surface area contributed by atoms with Crippen molar-refractivity contribution in [3.8, 4) is 0 Å². The van der Waals surface area contributed by atoms with Crippen LogP contribution in [0.1, 0.15) is 31.2 Å². The Balaban J connectivity index is 2.32. The number of amides is 1. The molecule has 1 aliphatic rings. The average molecular weight is 273 g/mol. The molecule has 1 saturated carbocycles. The van der Waals surface area contributed by atoms with Crippen molar-refractivity contribution in [2.45, 2.75) is 31.1 Å². The number of benzene rings is 1. The smallest absolute Gasteiger partial charge is 0.233 e. The Morgan fingerprint density at radius 1 is 1.30 bits per heavy atom. The Kier molecular flexibility index (Phi) is 4.96. The minimum atomic E-state index is -0.403. The molecule has 1 amide bonds. The molecule has 20 heavy (non-hydrogen) atoms. The standard InChI is InChI=1S/C17H23NO2/c1-2-12-18(13-14-19)16(20)17(10-6-7-11-17)15-8-4-3-5-9-15/h2-5,8-9,19H,1,6-7,10-14H2. The van der Waals surface area contributed by atoms with E-state index in [0.29, 0.717) is 13.1 Å². The minimum absolute atomic E-state index is 0.00947. The molecule has 0 unspecified atom stereocenters. The van der Waals surface area contributed by atoms with Crippen LogP contribution in [0.2, 0.25) is 0 Å². The first-order chi connectivity index (χ1) is 9.74. The number of rotatable bonds is 6. The molecule has 1 N–H and O–H groups in total. The molecule has 0 atom stereocenters. The molecule has 1 aromatic carbocycles. The van der Waals surface area contributed by atoms with E-state index in [4.69, 9.17) is 0 Å². The molecule has 0 bridgehead atoms. The second-order valence-electron chi connectivity index (χ2n) is 5.42. The molecule has 1 fully saturated rings. The largest absolute Gasteiger partial charge is 0.395 e. The minimum Gasteiger partial charge on any atom is -0.395 e. The Bertz CT molecular complexity index is 449. The fraction of sp³-hybridized carbons (Fsp3) is 0.471. The van der Waals surface area contributed by atoms with E-state index in [1.54, 1.807) is 11.0 Å². The summed E-state index contributed by atoms with van der Waals surface area (Å²) in [5.41, 5.74) is 0.703. The zero-order chi connectivity index (χ0) is 14.4.